The number of hydrogen-bond donors (Lipinski definition) is 1. The molecular formula is C15H14BrNO2. The molecule has 0 aliphatic heterocycles. The fraction of sp³-hybridized carbons (Fsp3) is 0.200. The van der Waals surface area contributed by atoms with Crippen LogP contribution in [0, 0.1) is 6.92 Å². The lowest BCUT2D eigenvalue weighted by Gasteiger charge is -2.18. The summed E-state index contributed by atoms with van der Waals surface area (Å²) in [6.45, 7) is 5.31. The molecule has 2 rings (SSSR count). The van der Waals surface area contributed by atoms with E-state index < -0.39 is 0 Å². The standard InChI is InChI=1S/C15H14BrNO2/c1-8-5-4-6-11(7-8)17-13-12(16)14(18)9(2)10(3)15(13)19/h4-7,17H,1-3H3. The first-order valence-electron chi connectivity index (χ1n) is 5.92. The molecule has 1 aromatic rings. The van der Waals surface area contributed by atoms with Crippen LogP contribution in [0.1, 0.15) is 19.4 Å². The summed E-state index contributed by atoms with van der Waals surface area (Å²) in [4.78, 5) is 24.2. The van der Waals surface area contributed by atoms with Gasteiger partial charge in [0, 0.05) is 16.8 Å². The van der Waals surface area contributed by atoms with E-state index in [4.69, 9.17) is 0 Å². The van der Waals surface area contributed by atoms with Crippen LogP contribution in [0.5, 0.6) is 0 Å². The summed E-state index contributed by atoms with van der Waals surface area (Å²) in [6, 6.07) is 7.65. The molecule has 0 spiro atoms. The highest BCUT2D eigenvalue weighted by molar-refractivity contribution is 9.12. The SMILES string of the molecule is CC1=C(C)C(=O)C(Nc2cccc(C)c2)=C(Br)C1=O. The average Bonchev–Trinajstić information content (AvgIpc) is 2.39. The molecule has 1 aliphatic carbocycles. The Bertz CT molecular complexity index is 641. The van der Waals surface area contributed by atoms with Crippen molar-refractivity contribution in [1.82, 2.24) is 0 Å². The minimum atomic E-state index is -0.148. The van der Waals surface area contributed by atoms with Crippen molar-refractivity contribution >= 4 is 33.2 Å². The van der Waals surface area contributed by atoms with Gasteiger partial charge in [0.05, 0.1) is 4.48 Å². The maximum atomic E-state index is 12.2. The quantitative estimate of drug-likeness (QED) is 0.848. The predicted molar refractivity (Wildman–Crippen MR) is 79.1 cm³/mol. The van der Waals surface area contributed by atoms with E-state index in [0.717, 1.165) is 11.3 Å². The number of anilines is 1. The molecule has 3 nitrogen and oxygen atoms in total. The molecule has 0 heterocycles. The van der Waals surface area contributed by atoms with Crippen molar-refractivity contribution in [3.63, 3.8) is 0 Å². The van der Waals surface area contributed by atoms with Crippen LogP contribution in [0.25, 0.3) is 0 Å². The first kappa shape index (κ1) is 13.7. The van der Waals surface area contributed by atoms with E-state index in [-0.39, 0.29) is 11.6 Å². The molecule has 1 aliphatic rings. The lowest BCUT2D eigenvalue weighted by molar-refractivity contribution is -0.115. The van der Waals surface area contributed by atoms with Crippen LogP contribution >= 0.6 is 15.9 Å². The summed E-state index contributed by atoms with van der Waals surface area (Å²) in [5, 5.41) is 3.03. The molecule has 0 radical (unpaired) electrons. The molecule has 0 aromatic heterocycles. The number of hydrogen-bond acceptors (Lipinski definition) is 3. The number of ketones is 2. The van der Waals surface area contributed by atoms with Crippen molar-refractivity contribution in [3.8, 4) is 0 Å². The minimum absolute atomic E-state index is 0.146. The normalized spacial score (nSPS) is 16.2. The van der Waals surface area contributed by atoms with Crippen molar-refractivity contribution in [2.45, 2.75) is 20.8 Å². The van der Waals surface area contributed by atoms with Gasteiger partial charge in [-0.25, -0.2) is 0 Å². The Morgan fingerprint density at radius 1 is 1.00 bits per heavy atom. The van der Waals surface area contributed by atoms with E-state index in [9.17, 15) is 9.59 Å². The molecule has 0 bridgehead atoms. The molecular weight excluding hydrogens is 306 g/mol. The lowest BCUT2D eigenvalue weighted by atomic mass is 9.95. The number of carbonyl (C=O) groups excluding carboxylic acids is 2. The summed E-state index contributed by atoms with van der Waals surface area (Å²) in [6.07, 6.45) is 0. The van der Waals surface area contributed by atoms with Gasteiger partial charge in [-0.1, -0.05) is 12.1 Å². The summed E-state index contributed by atoms with van der Waals surface area (Å²) < 4.78 is 0.294. The van der Waals surface area contributed by atoms with Crippen molar-refractivity contribution in [2.24, 2.45) is 0 Å². The van der Waals surface area contributed by atoms with Gasteiger partial charge >= 0.3 is 0 Å². The Kier molecular flexibility index (Phi) is 3.71. The van der Waals surface area contributed by atoms with Crippen molar-refractivity contribution in [3.05, 3.63) is 51.2 Å². The predicted octanol–water partition coefficient (Wildman–Crippen LogP) is 3.50. The third-order valence-corrected chi connectivity index (χ3v) is 3.93. The lowest BCUT2D eigenvalue weighted by Crippen LogP contribution is -2.23. The van der Waals surface area contributed by atoms with Gasteiger partial charge in [-0.3, -0.25) is 9.59 Å². The van der Waals surface area contributed by atoms with Gasteiger partial charge < -0.3 is 5.32 Å². The fourth-order valence-corrected chi connectivity index (χ4v) is 2.46. The summed E-state index contributed by atoms with van der Waals surface area (Å²) in [5.74, 6) is -0.294. The molecule has 98 valence electrons. The molecule has 19 heavy (non-hydrogen) atoms. The molecule has 0 unspecified atom stereocenters. The van der Waals surface area contributed by atoms with E-state index in [2.05, 4.69) is 21.2 Å². The summed E-state index contributed by atoms with van der Waals surface area (Å²) in [7, 11) is 0. The van der Waals surface area contributed by atoms with Crippen LogP contribution < -0.4 is 5.32 Å². The highest BCUT2D eigenvalue weighted by Gasteiger charge is 2.29. The number of allylic oxidation sites excluding steroid dienone is 3. The van der Waals surface area contributed by atoms with E-state index in [1.54, 1.807) is 13.8 Å². The zero-order chi connectivity index (χ0) is 14.2. The number of Topliss-reactive ketones (excluding diaryl/α,β-unsaturated/α-hetero) is 2. The number of aryl methyl sites for hydroxylation is 1. The Balaban J connectivity index is 2.40. The van der Waals surface area contributed by atoms with Gasteiger partial charge in [-0.05, 0) is 54.4 Å². The van der Waals surface area contributed by atoms with Crippen LogP contribution in [0.2, 0.25) is 0 Å². The van der Waals surface area contributed by atoms with Crippen LogP contribution in [0.3, 0.4) is 0 Å². The number of carbonyl (C=O) groups is 2. The third kappa shape index (κ3) is 2.54. The molecule has 0 saturated carbocycles. The van der Waals surface area contributed by atoms with Crippen LogP contribution in [-0.2, 0) is 9.59 Å². The van der Waals surface area contributed by atoms with E-state index in [0.29, 0.717) is 21.3 Å². The second-order valence-electron chi connectivity index (χ2n) is 4.59. The Morgan fingerprint density at radius 3 is 2.26 bits per heavy atom. The second-order valence-corrected chi connectivity index (χ2v) is 5.38. The number of nitrogens with one attached hydrogen (secondary N) is 1. The molecule has 0 saturated heterocycles. The monoisotopic (exact) mass is 319 g/mol. The minimum Gasteiger partial charge on any atom is -0.351 e. The maximum Gasteiger partial charge on any atom is 0.206 e. The van der Waals surface area contributed by atoms with Gasteiger partial charge in [-0.15, -0.1) is 0 Å². The maximum absolute atomic E-state index is 12.2. The fourth-order valence-electron chi connectivity index (χ4n) is 1.88. The van der Waals surface area contributed by atoms with E-state index in [1.807, 2.05) is 31.2 Å². The summed E-state index contributed by atoms with van der Waals surface area (Å²) >= 11 is 3.22. The van der Waals surface area contributed by atoms with Gasteiger partial charge in [-0.2, -0.15) is 0 Å². The van der Waals surface area contributed by atoms with Gasteiger partial charge in [0.1, 0.15) is 5.70 Å². The molecule has 0 amide bonds. The van der Waals surface area contributed by atoms with Crippen molar-refractivity contribution in [2.75, 3.05) is 5.32 Å². The van der Waals surface area contributed by atoms with E-state index in [1.165, 1.54) is 0 Å². The van der Waals surface area contributed by atoms with Gasteiger partial charge in [0.2, 0.25) is 5.78 Å². The zero-order valence-corrected chi connectivity index (χ0v) is 12.6. The van der Waals surface area contributed by atoms with Crippen LogP contribution in [0.4, 0.5) is 5.69 Å². The van der Waals surface area contributed by atoms with Crippen LogP contribution in [-0.4, -0.2) is 11.6 Å². The molecule has 1 N–H and O–H groups in total. The van der Waals surface area contributed by atoms with Crippen molar-refractivity contribution < 1.29 is 9.59 Å². The number of rotatable bonds is 2. The van der Waals surface area contributed by atoms with Crippen molar-refractivity contribution in [1.29, 1.82) is 0 Å². The highest BCUT2D eigenvalue weighted by Crippen LogP contribution is 2.29. The number of halogens is 1. The smallest absolute Gasteiger partial charge is 0.206 e. The first-order chi connectivity index (χ1) is 8.91. The molecule has 4 heteroatoms. The van der Waals surface area contributed by atoms with E-state index >= 15 is 0 Å². The molecule has 1 aromatic carbocycles. The molecule has 0 fully saturated rings. The zero-order valence-electron chi connectivity index (χ0n) is 11.0. The van der Waals surface area contributed by atoms with Crippen LogP contribution in [0.15, 0.2) is 45.6 Å². The second kappa shape index (κ2) is 5.13. The topological polar surface area (TPSA) is 46.2 Å². The Hall–Kier alpha value is -1.68. The highest BCUT2D eigenvalue weighted by atomic mass is 79.9. The third-order valence-electron chi connectivity index (χ3n) is 3.18. The van der Waals surface area contributed by atoms with Gasteiger partial charge in [0.25, 0.3) is 0 Å². The number of benzene rings is 1. The first-order valence-corrected chi connectivity index (χ1v) is 6.71. The van der Waals surface area contributed by atoms with Gasteiger partial charge in [0.15, 0.2) is 5.78 Å². The largest absolute Gasteiger partial charge is 0.351 e. The molecule has 0 atom stereocenters. The average molecular weight is 320 g/mol. The Labute approximate surface area is 120 Å². The Morgan fingerprint density at radius 2 is 1.63 bits per heavy atom. The summed E-state index contributed by atoms with van der Waals surface area (Å²) in [5.41, 5.74) is 3.16.